The Morgan fingerprint density at radius 1 is 1.36 bits per heavy atom. The quantitative estimate of drug-likeness (QED) is 0.753. The van der Waals surface area contributed by atoms with Gasteiger partial charge in [0.05, 0.1) is 0 Å². The molecule has 0 aliphatic carbocycles. The number of aromatic nitrogens is 1. The van der Waals surface area contributed by atoms with Crippen molar-refractivity contribution in [3.63, 3.8) is 0 Å². The Morgan fingerprint density at radius 3 is 2.96 bits per heavy atom. The summed E-state index contributed by atoms with van der Waals surface area (Å²) in [7, 11) is 4.03. The molecular formula is C19H26N4O2. The van der Waals surface area contributed by atoms with Crippen LogP contribution in [0.4, 0.5) is 0 Å². The fourth-order valence-corrected chi connectivity index (χ4v) is 3.38. The maximum absolute atomic E-state index is 12.5. The Bertz CT molecular complexity index is 753. The second-order valence-corrected chi connectivity index (χ2v) is 6.88. The molecule has 1 unspecified atom stereocenters. The van der Waals surface area contributed by atoms with Crippen LogP contribution in [0, 0.1) is 0 Å². The van der Waals surface area contributed by atoms with Crippen molar-refractivity contribution in [2.75, 3.05) is 27.2 Å². The van der Waals surface area contributed by atoms with E-state index in [1.54, 1.807) is 4.90 Å². The number of fused-ring (bicyclic) bond motifs is 1. The lowest BCUT2D eigenvalue weighted by molar-refractivity contribution is -0.135. The third-order valence-electron chi connectivity index (χ3n) is 4.73. The zero-order valence-electron chi connectivity index (χ0n) is 14.9. The molecule has 1 aromatic carbocycles. The second kappa shape index (κ2) is 7.70. The lowest BCUT2D eigenvalue weighted by atomic mass is 10.1. The zero-order valence-corrected chi connectivity index (χ0v) is 14.9. The lowest BCUT2D eigenvalue weighted by Gasteiger charge is -2.24. The first-order valence-electron chi connectivity index (χ1n) is 8.83. The molecular weight excluding hydrogens is 316 g/mol. The van der Waals surface area contributed by atoms with E-state index in [9.17, 15) is 9.59 Å². The summed E-state index contributed by atoms with van der Waals surface area (Å²) in [5, 5.41) is 4.08. The molecule has 2 heterocycles. The minimum Gasteiger partial charge on any atom is -0.361 e. The van der Waals surface area contributed by atoms with Gasteiger partial charge in [-0.25, -0.2) is 0 Å². The van der Waals surface area contributed by atoms with Crippen molar-refractivity contribution in [2.45, 2.75) is 31.8 Å². The van der Waals surface area contributed by atoms with Crippen LogP contribution in [0.15, 0.2) is 30.5 Å². The van der Waals surface area contributed by atoms with Gasteiger partial charge in [-0.05, 0) is 45.1 Å². The molecule has 2 N–H and O–H groups in total. The number of hydrogen-bond acceptors (Lipinski definition) is 3. The molecule has 134 valence electrons. The molecule has 0 saturated carbocycles. The van der Waals surface area contributed by atoms with Crippen LogP contribution >= 0.6 is 0 Å². The van der Waals surface area contributed by atoms with Gasteiger partial charge in [-0.3, -0.25) is 9.59 Å². The van der Waals surface area contributed by atoms with E-state index < -0.39 is 0 Å². The Balaban J connectivity index is 1.64. The molecule has 6 nitrogen and oxygen atoms in total. The minimum atomic E-state index is -0.361. The molecule has 1 aromatic heterocycles. The van der Waals surface area contributed by atoms with E-state index in [0.29, 0.717) is 25.9 Å². The number of aromatic amines is 1. The third-order valence-corrected chi connectivity index (χ3v) is 4.73. The van der Waals surface area contributed by atoms with Gasteiger partial charge in [0.2, 0.25) is 11.8 Å². The van der Waals surface area contributed by atoms with Gasteiger partial charge in [0.25, 0.3) is 0 Å². The van der Waals surface area contributed by atoms with E-state index in [2.05, 4.69) is 15.2 Å². The highest BCUT2D eigenvalue weighted by molar-refractivity contribution is 5.91. The van der Waals surface area contributed by atoms with Crippen LogP contribution in [0.2, 0.25) is 0 Å². The number of carbonyl (C=O) groups excluding carboxylic acids is 2. The van der Waals surface area contributed by atoms with Gasteiger partial charge < -0.3 is 20.1 Å². The summed E-state index contributed by atoms with van der Waals surface area (Å²) in [6.07, 6.45) is 3.88. The fourth-order valence-electron chi connectivity index (χ4n) is 3.38. The Kier molecular flexibility index (Phi) is 5.38. The van der Waals surface area contributed by atoms with E-state index in [-0.39, 0.29) is 17.9 Å². The summed E-state index contributed by atoms with van der Waals surface area (Å²) in [4.78, 5) is 31.9. The van der Waals surface area contributed by atoms with E-state index >= 15 is 0 Å². The van der Waals surface area contributed by atoms with Crippen LogP contribution in [0.5, 0.6) is 0 Å². The maximum Gasteiger partial charge on any atom is 0.242 e. The first kappa shape index (κ1) is 17.5. The van der Waals surface area contributed by atoms with Crippen LogP contribution in [0.1, 0.15) is 24.8 Å². The van der Waals surface area contributed by atoms with Crippen molar-refractivity contribution in [3.05, 3.63) is 36.0 Å². The molecule has 1 saturated heterocycles. The maximum atomic E-state index is 12.5. The van der Waals surface area contributed by atoms with Crippen molar-refractivity contribution in [2.24, 2.45) is 0 Å². The van der Waals surface area contributed by atoms with E-state index in [0.717, 1.165) is 29.4 Å². The molecule has 0 radical (unpaired) electrons. The van der Waals surface area contributed by atoms with Gasteiger partial charge in [0.15, 0.2) is 0 Å². The van der Waals surface area contributed by atoms with Gasteiger partial charge in [0.1, 0.15) is 6.04 Å². The highest BCUT2D eigenvalue weighted by Gasteiger charge is 2.36. The largest absolute Gasteiger partial charge is 0.361 e. The summed E-state index contributed by atoms with van der Waals surface area (Å²) in [6.45, 7) is 2.05. The number of rotatable bonds is 7. The summed E-state index contributed by atoms with van der Waals surface area (Å²) < 4.78 is 0. The number of nitrogens with zero attached hydrogens (tertiary/aromatic N) is 2. The summed E-state index contributed by atoms with van der Waals surface area (Å²) >= 11 is 0. The number of nitrogens with one attached hydrogen (secondary N) is 2. The average Bonchev–Trinajstić information content (AvgIpc) is 3.16. The van der Waals surface area contributed by atoms with Gasteiger partial charge in [-0.1, -0.05) is 18.2 Å². The molecule has 2 amide bonds. The van der Waals surface area contributed by atoms with E-state index in [1.165, 1.54) is 0 Å². The van der Waals surface area contributed by atoms with Gasteiger partial charge in [-0.15, -0.1) is 0 Å². The molecule has 2 aromatic rings. The fraction of sp³-hybridized carbons (Fsp3) is 0.474. The van der Waals surface area contributed by atoms with Crippen LogP contribution in [-0.2, 0) is 16.1 Å². The number of H-pyrrole nitrogens is 1. The first-order chi connectivity index (χ1) is 12.1. The highest BCUT2D eigenvalue weighted by atomic mass is 16.2. The predicted octanol–water partition coefficient (Wildman–Crippen LogP) is 1.73. The van der Waals surface area contributed by atoms with Gasteiger partial charge in [-0.2, -0.15) is 0 Å². The number of benzene rings is 1. The predicted molar refractivity (Wildman–Crippen MR) is 98.1 cm³/mol. The van der Waals surface area contributed by atoms with Crippen LogP contribution in [0.25, 0.3) is 10.9 Å². The monoisotopic (exact) mass is 342 g/mol. The Morgan fingerprint density at radius 2 is 2.16 bits per heavy atom. The topological polar surface area (TPSA) is 68.4 Å². The van der Waals surface area contributed by atoms with Crippen molar-refractivity contribution in [3.8, 4) is 0 Å². The molecule has 1 aliphatic heterocycles. The smallest absolute Gasteiger partial charge is 0.242 e. The second-order valence-electron chi connectivity index (χ2n) is 6.88. The summed E-state index contributed by atoms with van der Waals surface area (Å²) in [5.74, 6) is 0.0168. The van der Waals surface area contributed by atoms with Crippen LogP contribution < -0.4 is 5.32 Å². The average molecular weight is 342 g/mol. The van der Waals surface area contributed by atoms with E-state index in [4.69, 9.17) is 0 Å². The number of hydrogen-bond donors (Lipinski definition) is 2. The summed E-state index contributed by atoms with van der Waals surface area (Å²) in [5.41, 5.74) is 2.10. The Labute approximate surface area is 148 Å². The number of likely N-dealkylation sites (tertiary alicyclic amines) is 1. The number of carbonyl (C=O) groups is 2. The molecule has 6 heteroatoms. The van der Waals surface area contributed by atoms with Crippen molar-refractivity contribution in [1.29, 1.82) is 0 Å². The third kappa shape index (κ3) is 4.02. The molecule has 3 rings (SSSR count). The number of para-hydroxylation sites is 1. The Hall–Kier alpha value is -2.34. The van der Waals surface area contributed by atoms with Crippen LogP contribution in [-0.4, -0.2) is 59.8 Å². The molecule has 25 heavy (non-hydrogen) atoms. The number of amides is 2. The SMILES string of the molecule is CN(C)CCCNC(=O)C1CCC(=O)N1Cc1c[nH]c2ccccc12. The van der Waals surface area contributed by atoms with Crippen LogP contribution in [0.3, 0.4) is 0 Å². The van der Waals surface area contributed by atoms with Crippen molar-refractivity contribution < 1.29 is 9.59 Å². The molecule has 1 atom stereocenters. The normalized spacial score (nSPS) is 17.6. The highest BCUT2D eigenvalue weighted by Crippen LogP contribution is 2.25. The van der Waals surface area contributed by atoms with Gasteiger partial charge in [0, 0.05) is 36.6 Å². The zero-order chi connectivity index (χ0) is 17.8. The van der Waals surface area contributed by atoms with Crippen molar-refractivity contribution >= 4 is 22.7 Å². The minimum absolute atomic E-state index is 0.0375. The first-order valence-corrected chi connectivity index (χ1v) is 8.83. The molecule has 1 aliphatic rings. The lowest BCUT2D eigenvalue weighted by Crippen LogP contribution is -2.44. The van der Waals surface area contributed by atoms with E-state index in [1.807, 2.05) is 44.6 Å². The molecule has 1 fully saturated rings. The molecule has 0 bridgehead atoms. The standard InChI is InChI=1S/C19H26N4O2/c1-22(2)11-5-10-20-19(25)17-8-9-18(24)23(17)13-14-12-21-16-7-4-3-6-15(14)16/h3-4,6-7,12,17,21H,5,8-11,13H2,1-2H3,(H,20,25). The van der Waals surface area contributed by atoms with Gasteiger partial charge >= 0.3 is 0 Å². The van der Waals surface area contributed by atoms with Crippen molar-refractivity contribution in [1.82, 2.24) is 20.1 Å². The summed E-state index contributed by atoms with van der Waals surface area (Å²) in [6, 6.07) is 7.66. The molecule has 0 spiro atoms.